The number of thiocarbonyl (C=S) groups is 1. The second-order valence-corrected chi connectivity index (χ2v) is 15.7. The lowest BCUT2D eigenvalue weighted by molar-refractivity contribution is -0.147. The fraction of sp³-hybridized carbons (Fsp3) is 0.848. The van der Waals surface area contributed by atoms with E-state index in [1.807, 2.05) is 4.90 Å². The average molecular weight is 811 g/mol. The van der Waals surface area contributed by atoms with Gasteiger partial charge in [-0.05, 0) is 76.4 Å². The highest BCUT2D eigenvalue weighted by atomic mass is 32.1. The molecule has 0 heterocycles. The van der Waals surface area contributed by atoms with Crippen LogP contribution in [0.5, 0.6) is 0 Å². The van der Waals surface area contributed by atoms with Gasteiger partial charge in [0.25, 0.3) is 5.17 Å². The van der Waals surface area contributed by atoms with E-state index in [2.05, 4.69) is 43.5 Å². The molecule has 0 aromatic heterocycles. The smallest absolute Gasteiger partial charge is 0.305 e. The summed E-state index contributed by atoms with van der Waals surface area (Å²) in [4.78, 5) is 27.0. The van der Waals surface area contributed by atoms with E-state index in [0.717, 1.165) is 51.4 Å². The number of nitrogens with one attached hydrogen (secondary N) is 1. The molecule has 0 saturated carbocycles. The predicted molar refractivity (Wildman–Crippen MR) is 237 cm³/mol. The predicted octanol–water partition coefficient (Wildman–Crippen LogP) is 10.7. The van der Waals surface area contributed by atoms with E-state index in [-0.39, 0.29) is 50.1 Å². The second-order valence-electron chi connectivity index (χ2n) is 15.3. The van der Waals surface area contributed by atoms with Gasteiger partial charge in [-0.3, -0.25) is 14.5 Å². The summed E-state index contributed by atoms with van der Waals surface area (Å²) >= 11 is 5.38. The first-order chi connectivity index (χ1) is 27.5. The molecule has 10 heteroatoms. The summed E-state index contributed by atoms with van der Waals surface area (Å²) in [6, 6.07) is -0.537. The van der Waals surface area contributed by atoms with Crippen LogP contribution >= 0.6 is 12.2 Å². The van der Waals surface area contributed by atoms with Crippen molar-refractivity contribution < 1.29 is 34.0 Å². The molecule has 0 aliphatic rings. The molecule has 0 aromatic carbocycles. The van der Waals surface area contributed by atoms with Gasteiger partial charge in [0, 0.05) is 32.5 Å². The molecule has 0 aromatic rings. The lowest BCUT2D eigenvalue weighted by Crippen LogP contribution is -2.43. The van der Waals surface area contributed by atoms with Crippen LogP contribution in [0.15, 0.2) is 24.3 Å². The van der Waals surface area contributed by atoms with Crippen molar-refractivity contribution in [2.75, 3.05) is 52.7 Å². The van der Waals surface area contributed by atoms with Crippen molar-refractivity contribution in [3.63, 3.8) is 0 Å². The molecule has 0 spiro atoms. The molecule has 0 unspecified atom stereocenters. The highest BCUT2D eigenvalue weighted by molar-refractivity contribution is 7.80. The van der Waals surface area contributed by atoms with Gasteiger partial charge >= 0.3 is 11.9 Å². The Morgan fingerprint density at radius 2 is 0.893 bits per heavy atom. The van der Waals surface area contributed by atoms with Gasteiger partial charge in [-0.1, -0.05) is 141 Å². The highest BCUT2D eigenvalue weighted by Crippen LogP contribution is 2.12. The van der Waals surface area contributed by atoms with Gasteiger partial charge in [0.2, 0.25) is 0 Å². The molecule has 0 aliphatic carbocycles. The number of unbranched alkanes of at least 4 members (excludes halogenated alkanes) is 22. The molecule has 0 aliphatic heterocycles. The van der Waals surface area contributed by atoms with Crippen molar-refractivity contribution in [3.8, 4) is 0 Å². The van der Waals surface area contributed by atoms with Crippen LogP contribution in [0, 0.1) is 0 Å². The molecular weight excluding hydrogens is 725 g/mol. The molecule has 0 saturated heterocycles. The van der Waals surface area contributed by atoms with Crippen LogP contribution in [0.25, 0.3) is 0 Å². The maximum Gasteiger partial charge on any atom is 0.305 e. The lowest BCUT2D eigenvalue weighted by atomic mass is 10.1. The van der Waals surface area contributed by atoms with Crippen LogP contribution in [-0.2, 0) is 23.8 Å². The van der Waals surface area contributed by atoms with Crippen LogP contribution in [-0.4, -0.2) is 90.9 Å². The van der Waals surface area contributed by atoms with Crippen LogP contribution < -0.4 is 5.32 Å². The Kier molecular flexibility index (Phi) is 42.5. The number of nitrogens with zero attached hydrogens (tertiary/aromatic N) is 1. The van der Waals surface area contributed by atoms with Crippen molar-refractivity contribution in [1.82, 2.24) is 10.2 Å². The number of hydrogen-bond donors (Lipinski definition) is 3. The van der Waals surface area contributed by atoms with E-state index in [0.29, 0.717) is 32.5 Å². The standard InChI is InChI=1S/C46H86N2O7S/c1-3-5-7-9-11-13-15-17-19-21-23-25-27-29-31-33-44(51)54-41-43(47-46(56)53-40-37-48(35-38-49)36-39-50)42-55-45(52)34-32-30-28-26-24-22-20-18-16-14-12-10-8-6-4-2/h17-20,43,49-50H,3-16,21-42H2,1-2H3,(H,47,56). The highest BCUT2D eigenvalue weighted by Gasteiger charge is 2.17. The molecule has 3 N–H and O–H groups in total. The third-order valence-electron chi connectivity index (χ3n) is 9.97. The molecule has 0 amide bonds. The summed E-state index contributed by atoms with van der Waals surface area (Å²) in [7, 11) is 0. The van der Waals surface area contributed by atoms with Crippen molar-refractivity contribution in [1.29, 1.82) is 0 Å². The number of carbonyl (C=O) groups excluding carboxylic acids is 2. The number of aliphatic hydroxyl groups is 2. The number of hydrogen-bond acceptors (Lipinski definition) is 9. The number of rotatable bonds is 42. The van der Waals surface area contributed by atoms with Gasteiger partial charge in [0.05, 0.1) is 19.3 Å². The molecule has 56 heavy (non-hydrogen) atoms. The zero-order valence-corrected chi connectivity index (χ0v) is 37.0. The van der Waals surface area contributed by atoms with E-state index in [1.165, 1.54) is 116 Å². The lowest BCUT2D eigenvalue weighted by Gasteiger charge is -2.22. The fourth-order valence-electron chi connectivity index (χ4n) is 6.44. The third-order valence-corrected chi connectivity index (χ3v) is 10.2. The maximum absolute atomic E-state index is 12.6. The monoisotopic (exact) mass is 811 g/mol. The van der Waals surface area contributed by atoms with Gasteiger partial charge in [-0.2, -0.15) is 0 Å². The largest absolute Gasteiger partial charge is 0.470 e. The van der Waals surface area contributed by atoms with Gasteiger partial charge in [0.1, 0.15) is 19.8 Å². The molecule has 328 valence electrons. The zero-order valence-electron chi connectivity index (χ0n) is 36.1. The van der Waals surface area contributed by atoms with Crippen LogP contribution in [0.3, 0.4) is 0 Å². The molecular formula is C46H86N2O7S. The Morgan fingerprint density at radius 3 is 1.27 bits per heavy atom. The van der Waals surface area contributed by atoms with Crippen LogP contribution in [0.4, 0.5) is 0 Å². The topological polar surface area (TPSA) is 118 Å². The van der Waals surface area contributed by atoms with E-state index in [4.69, 9.17) is 26.4 Å². The summed E-state index contributed by atoms with van der Waals surface area (Å²) in [6.45, 7) is 6.07. The minimum absolute atomic E-state index is 0.00917. The molecule has 0 fully saturated rings. The molecule has 0 bridgehead atoms. The second kappa shape index (κ2) is 44.1. The fourth-order valence-corrected chi connectivity index (χ4v) is 6.69. The summed E-state index contributed by atoms with van der Waals surface area (Å²) in [6.07, 6.45) is 41.2. The van der Waals surface area contributed by atoms with E-state index in [9.17, 15) is 19.8 Å². The van der Waals surface area contributed by atoms with Crippen LogP contribution in [0.2, 0.25) is 0 Å². The van der Waals surface area contributed by atoms with E-state index < -0.39 is 6.04 Å². The van der Waals surface area contributed by atoms with E-state index in [1.54, 1.807) is 0 Å². The first kappa shape index (κ1) is 54.0. The summed E-state index contributed by atoms with van der Waals surface area (Å²) in [5.41, 5.74) is 0. The summed E-state index contributed by atoms with van der Waals surface area (Å²) in [5.74, 6) is -0.547. The van der Waals surface area contributed by atoms with Gasteiger partial charge in [0.15, 0.2) is 0 Å². The number of allylic oxidation sites excluding steroid dienone is 4. The van der Waals surface area contributed by atoms with Crippen molar-refractivity contribution >= 4 is 29.3 Å². The van der Waals surface area contributed by atoms with Crippen molar-refractivity contribution in [2.24, 2.45) is 0 Å². The Hall–Kier alpha value is -2.01. The quantitative estimate of drug-likeness (QED) is 0.0238. The third kappa shape index (κ3) is 40.2. The van der Waals surface area contributed by atoms with Gasteiger partial charge in [-0.15, -0.1) is 0 Å². The Morgan fingerprint density at radius 1 is 0.536 bits per heavy atom. The number of esters is 2. The Bertz CT molecular complexity index is 886. The van der Waals surface area contributed by atoms with Crippen molar-refractivity contribution in [2.45, 2.75) is 200 Å². The first-order valence-electron chi connectivity index (χ1n) is 22.9. The molecule has 0 atom stereocenters. The molecule has 0 rings (SSSR count). The van der Waals surface area contributed by atoms with Crippen molar-refractivity contribution in [3.05, 3.63) is 24.3 Å². The maximum atomic E-state index is 12.6. The number of carbonyl (C=O) groups is 2. The number of ether oxygens (including phenoxy) is 3. The summed E-state index contributed by atoms with van der Waals surface area (Å²) < 4.78 is 16.8. The zero-order chi connectivity index (χ0) is 41.0. The molecule has 9 nitrogen and oxygen atoms in total. The Labute approximate surface area is 349 Å². The average Bonchev–Trinajstić information content (AvgIpc) is 3.19. The summed E-state index contributed by atoms with van der Waals surface area (Å²) in [5, 5.41) is 21.6. The number of aliphatic hydroxyl groups excluding tert-OH is 2. The van der Waals surface area contributed by atoms with Gasteiger partial charge < -0.3 is 29.7 Å². The molecule has 0 radical (unpaired) electrons. The minimum atomic E-state index is -0.537. The Balaban J connectivity index is 4.38. The van der Waals surface area contributed by atoms with E-state index >= 15 is 0 Å². The van der Waals surface area contributed by atoms with Gasteiger partial charge in [-0.25, -0.2) is 0 Å². The first-order valence-corrected chi connectivity index (χ1v) is 23.4. The normalized spacial score (nSPS) is 12.2. The van der Waals surface area contributed by atoms with Crippen LogP contribution in [0.1, 0.15) is 194 Å². The minimum Gasteiger partial charge on any atom is -0.470 e. The SMILES string of the molecule is CCCCCCCCC=CCCCCCCCC(=O)OCC(COC(=O)CCCCCCCC=CCCCCCCCC)NC(=S)OCCN(CCO)CCO.